The first-order valence-corrected chi connectivity index (χ1v) is 13.8. The van der Waals surface area contributed by atoms with E-state index in [1.54, 1.807) is 24.1 Å². The smallest absolute Gasteiger partial charge is 0.311 e. The normalized spacial score (nSPS) is 32.2. The third-order valence-electron chi connectivity index (χ3n) is 8.33. The quantitative estimate of drug-likeness (QED) is 0.455. The van der Waals surface area contributed by atoms with Crippen molar-refractivity contribution >= 4 is 35.2 Å². The van der Waals surface area contributed by atoms with Gasteiger partial charge in [-0.1, -0.05) is 48.6 Å². The van der Waals surface area contributed by atoms with Crippen molar-refractivity contribution in [3.05, 3.63) is 84.5 Å². The molecule has 1 N–H and O–H groups in total. The summed E-state index contributed by atoms with van der Waals surface area (Å²) in [5.74, 6) is -1.97. The summed E-state index contributed by atoms with van der Waals surface area (Å²) in [5, 5.41) is 10.6. The molecule has 1 spiro atoms. The molecule has 4 heterocycles. The molecule has 0 bridgehead atoms. The second kappa shape index (κ2) is 9.57. The molecule has 0 radical (unpaired) electrons. The van der Waals surface area contributed by atoms with E-state index >= 15 is 0 Å². The number of carbonyl (C=O) groups excluding carboxylic acids is 3. The minimum absolute atomic E-state index is 0.149. The molecule has 2 aromatic carbocycles. The van der Waals surface area contributed by atoms with Crippen LogP contribution in [0.4, 0.5) is 5.69 Å². The fourth-order valence-electron chi connectivity index (χ4n) is 6.65. The molecule has 0 aromatic heterocycles. The summed E-state index contributed by atoms with van der Waals surface area (Å²) in [6, 6.07) is 14.7. The Morgan fingerprint density at radius 2 is 1.77 bits per heavy atom. The average molecular weight is 547 g/mol. The number of rotatable bonds is 5. The lowest BCUT2D eigenvalue weighted by molar-refractivity contribution is -0.153. The van der Waals surface area contributed by atoms with Gasteiger partial charge < -0.3 is 24.4 Å². The Morgan fingerprint density at radius 3 is 2.46 bits per heavy atom. The zero-order chi connectivity index (χ0) is 27.4. The van der Waals surface area contributed by atoms with E-state index in [2.05, 4.69) is 0 Å². The van der Waals surface area contributed by atoms with Gasteiger partial charge in [0.1, 0.15) is 18.4 Å². The van der Waals surface area contributed by atoms with E-state index in [1.165, 1.54) is 16.7 Å². The number of aliphatic hydroxyl groups excluding tert-OH is 1. The first kappa shape index (κ1) is 25.7. The number of hydrogen-bond donors (Lipinski definition) is 1. The van der Waals surface area contributed by atoms with Crippen molar-refractivity contribution < 1.29 is 29.0 Å². The van der Waals surface area contributed by atoms with Crippen LogP contribution in [0.25, 0.3) is 0 Å². The average Bonchev–Trinajstić information content (AvgIpc) is 3.20. The van der Waals surface area contributed by atoms with E-state index < -0.39 is 39.4 Å². The number of amides is 2. The van der Waals surface area contributed by atoms with Crippen molar-refractivity contribution in [2.24, 2.45) is 11.8 Å². The number of carbonyl (C=O) groups is 3. The summed E-state index contributed by atoms with van der Waals surface area (Å²) in [6.07, 6.45) is 7.62. The van der Waals surface area contributed by atoms with Crippen LogP contribution in [-0.2, 0) is 19.1 Å². The Labute approximate surface area is 231 Å². The van der Waals surface area contributed by atoms with Crippen LogP contribution in [0.2, 0.25) is 0 Å². The number of benzene rings is 2. The Kier molecular flexibility index (Phi) is 6.31. The summed E-state index contributed by atoms with van der Waals surface area (Å²) in [7, 11) is 1.58. The van der Waals surface area contributed by atoms with Gasteiger partial charge in [-0.05, 0) is 42.8 Å². The first-order valence-electron chi connectivity index (χ1n) is 13.0. The molecule has 0 aliphatic carbocycles. The van der Waals surface area contributed by atoms with Crippen LogP contribution < -0.4 is 9.64 Å². The number of fused-ring (bicyclic) bond motifs is 2. The highest BCUT2D eigenvalue weighted by Gasteiger charge is 2.74. The zero-order valence-corrected chi connectivity index (χ0v) is 22.5. The highest BCUT2D eigenvalue weighted by Crippen LogP contribution is 2.66. The van der Waals surface area contributed by atoms with Crippen LogP contribution >= 0.6 is 11.8 Å². The predicted octanol–water partition coefficient (Wildman–Crippen LogP) is 3.13. The Hall–Kier alpha value is -3.56. The number of methoxy groups -OCH3 is 1. The molecule has 9 heteroatoms. The SMILES string of the molecule is COc1ccc(N2CC=C[C@]34S[C@@]5(C)C=CCOC(=O)[C@H]5[C@H]3C(=O)N([C@H](CO)c3ccccc3)C4C2=O)cc1. The number of aliphatic hydroxyl groups is 1. The number of cyclic esters (lactones) is 1. The summed E-state index contributed by atoms with van der Waals surface area (Å²) >= 11 is 1.48. The van der Waals surface area contributed by atoms with E-state index in [4.69, 9.17) is 9.47 Å². The molecule has 8 nitrogen and oxygen atoms in total. The molecule has 39 heavy (non-hydrogen) atoms. The van der Waals surface area contributed by atoms with Gasteiger partial charge in [0.05, 0.1) is 36.3 Å². The molecular weight excluding hydrogens is 516 g/mol. The van der Waals surface area contributed by atoms with Crippen molar-refractivity contribution in [3.63, 3.8) is 0 Å². The molecule has 2 fully saturated rings. The molecule has 4 aliphatic heterocycles. The molecule has 0 saturated carbocycles. The monoisotopic (exact) mass is 546 g/mol. The summed E-state index contributed by atoms with van der Waals surface area (Å²) in [4.78, 5) is 45.7. The molecule has 2 amide bonds. The number of hydrogen-bond acceptors (Lipinski definition) is 7. The van der Waals surface area contributed by atoms with Gasteiger partial charge in [0.15, 0.2) is 0 Å². The van der Waals surface area contributed by atoms with Gasteiger partial charge in [-0.15, -0.1) is 11.8 Å². The van der Waals surface area contributed by atoms with Crippen LogP contribution in [0.15, 0.2) is 78.9 Å². The number of ether oxygens (including phenoxy) is 2. The first-order chi connectivity index (χ1) is 18.8. The second-order valence-corrected chi connectivity index (χ2v) is 12.2. The molecule has 6 rings (SSSR count). The Balaban J connectivity index is 1.52. The van der Waals surface area contributed by atoms with Gasteiger partial charge in [-0.25, -0.2) is 0 Å². The highest BCUT2D eigenvalue weighted by atomic mass is 32.2. The summed E-state index contributed by atoms with van der Waals surface area (Å²) in [5.41, 5.74) is 1.39. The predicted molar refractivity (Wildman–Crippen MR) is 147 cm³/mol. The van der Waals surface area contributed by atoms with E-state index in [-0.39, 0.29) is 25.0 Å². The molecular formula is C30H30N2O6S. The van der Waals surface area contributed by atoms with Gasteiger partial charge in [0.25, 0.3) is 5.91 Å². The lowest BCUT2D eigenvalue weighted by atomic mass is 9.75. The van der Waals surface area contributed by atoms with E-state index in [9.17, 15) is 19.5 Å². The Bertz CT molecular complexity index is 1360. The van der Waals surface area contributed by atoms with Crippen LogP contribution in [0.5, 0.6) is 5.75 Å². The van der Waals surface area contributed by atoms with Crippen LogP contribution in [0.1, 0.15) is 18.5 Å². The van der Waals surface area contributed by atoms with Crippen LogP contribution in [-0.4, -0.2) is 70.2 Å². The second-order valence-electron chi connectivity index (χ2n) is 10.4. The summed E-state index contributed by atoms with van der Waals surface area (Å²) < 4.78 is 9.03. The van der Waals surface area contributed by atoms with Gasteiger partial charge in [-0.2, -0.15) is 0 Å². The van der Waals surface area contributed by atoms with Crippen molar-refractivity contribution in [2.75, 3.05) is 31.8 Å². The minimum Gasteiger partial charge on any atom is -0.497 e. The molecule has 2 aromatic rings. The van der Waals surface area contributed by atoms with Crippen molar-refractivity contribution in [1.29, 1.82) is 0 Å². The van der Waals surface area contributed by atoms with Gasteiger partial charge in [0, 0.05) is 17.0 Å². The van der Waals surface area contributed by atoms with Crippen molar-refractivity contribution in [2.45, 2.75) is 28.5 Å². The number of likely N-dealkylation sites (tertiary alicyclic amines) is 1. The third-order valence-corrected chi connectivity index (χ3v) is 10.1. The topological polar surface area (TPSA) is 96.4 Å². The lowest BCUT2D eigenvalue weighted by Gasteiger charge is -2.39. The fraction of sp³-hybridized carbons (Fsp3) is 0.367. The minimum atomic E-state index is -1.03. The van der Waals surface area contributed by atoms with E-state index in [1.807, 2.05) is 73.7 Å². The maximum absolute atomic E-state index is 14.6. The Morgan fingerprint density at radius 1 is 1.03 bits per heavy atom. The van der Waals surface area contributed by atoms with Crippen LogP contribution in [0, 0.1) is 11.8 Å². The van der Waals surface area contributed by atoms with Gasteiger partial charge >= 0.3 is 5.97 Å². The van der Waals surface area contributed by atoms with Crippen molar-refractivity contribution in [3.8, 4) is 5.75 Å². The maximum atomic E-state index is 14.6. The summed E-state index contributed by atoms with van der Waals surface area (Å²) in [6.45, 7) is 2.02. The largest absolute Gasteiger partial charge is 0.497 e. The molecule has 4 aliphatic rings. The van der Waals surface area contributed by atoms with E-state index in [0.29, 0.717) is 18.0 Å². The standard InChI is InChI=1S/C30H30N2O6S/c1-29-14-7-17-38-28(36)24(29)23-26(34)32(22(18-33)19-8-4-3-5-9-19)25-27(35)31(16-6-15-30(23,25)39-29)20-10-12-21(37-2)13-11-20/h3-15,22-25,33H,16-18H2,1-2H3/t22-,23+,24-,25?,29+,30+/m1/s1. The molecule has 1 unspecified atom stereocenters. The van der Waals surface area contributed by atoms with Crippen molar-refractivity contribution in [1.82, 2.24) is 4.90 Å². The molecule has 202 valence electrons. The zero-order valence-electron chi connectivity index (χ0n) is 21.7. The third kappa shape index (κ3) is 3.82. The van der Waals surface area contributed by atoms with E-state index in [0.717, 1.165) is 5.56 Å². The maximum Gasteiger partial charge on any atom is 0.311 e. The fourth-order valence-corrected chi connectivity index (χ4v) is 8.79. The number of thioether (sulfide) groups is 1. The number of anilines is 1. The number of nitrogens with zero attached hydrogens (tertiary/aromatic N) is 2. The van der Waals surface area contributed by atoms with Crippen LogP contribution in [0.3, 0.4) is 0 Å². The molecule has 2 saturated heterocycles. The highest BCUT2D eigenvalue weighted by molar-refractivity contribution is 8.02. The van der Waals surface area contributed by atoms with Gasteiger partial charge in [-0.3, -0.25) is 14.4 Å². The molecule has 6 atom stereocenters. The van der Waals surface area contributed by atoms with Gasteiger partial charge in [0.2, 0.25) is 5.91 Å². The number of esters is 1. The lowest BCUT2D eigenvalue weighted by Crippen LogP contribution is -2.54.